The highest BCUT2D eigenvalue weighted by Gasteiger charge is 2.40. The summed E-state index contributed by atoms with van der Waals surface area (Å²) in [7, 11) is 3.95. The second-order valence-electron chi connectivity index (χ2n) is 4.09. The molecule has 0 aromatic heterocycles. The van der Waals surface area contributed by atoms with Crippen LogP contribution in [-0.4, -0.2) is 48.5 Å². The van der Waals surface area contributed by atoms with Crippen LogP contribution in [0.3, 0.4) is 0 Å². The van der Waals surface area contributed by atoms with E-state index >= 15 is 0 Å². The third kappa shape index (κ3) is 1.79. The summed E-state index contributed by atoms with van der Waals surface area (Å²) >= 11 is 0. The second-order valence-corrected chi connectivity index (χ2v) is 4.09. The minimum absolute atomic E-state index is 0.103. The molecule has 1 heterocycles. The molecule has 1 aliphatic rings. The van der Waals surface area contributed by atoms with Gasteiger partial charge in [-0.25, -0.2) is 0 Å². The van der Waals surface area contributed by atoms with Crippen LogP contribution >= 0.6 is 0 Å². The van der Waals surface area contributed by atoms with E-state index in [4.69, 9.17) is 4.74 Å². The fourth-order valence-electron chi connectivity index (χ4n) is 2.17. The zero-order chi connectivity index (χ0) is 9.35. The molecule has 0 spiro atoms. The van der Waals surface area contributed by atoms with Gasteiger partial charge in [-0.1, -0.05) is 0 Å². The van der Waals surface area contributed by atoms with Crippen LogP contribution in [0.5, 0.6) is 0 Å². The first-order chi connectivity index (χ1) is 5.45. The summed E-state index contributed by atoms with van der Waals surface area (Å²) in [6.07, 6.45) is 0.837. The number of hydrogen-bond acceptors (Lipinski definition) is 3. The Bertz CT molecular complexity index is 157. The van der Waals surface area contributed by atoms with Gasteiger partial charge in [0.25, 0.3) is 0 Å². The lowest BCUT2D eigenvalue weighted by atomic mass is 9.86. The van der Waals surface area contributed by atoms with Gasteiger partial charge in [0.1, 0.15) is 0 Å². The predicted molar refractivity (Wildman–Crippen MR) is 48.1 cm³/mol. The SMILES string of the molecule is C[C@@H]1OCC[C@](C)(O)[C@@H]1N(C)C. The molecule has 0 aromatic rings. The van der Waals surface area contributed by atoms with Gasteiger partial charge in [0.05, 0.1) is 17.7 Å². The van der Waals surface area contributed by atoms with E-state index in [1.54, 1.807) is 0 Å². The van der Waals surface area contributed by atoms with Gasteiger partial charge in [0.2, 0.25) is 0 Å². The Kier molecular flexibility index (Phi) is 2.76. The van der Waals surface area contributed by atoms with Gasteiger partial charge in [0.15, 0.2) is 0 Å². The average molecular weight is 173 g/mol. The second kappa shape index (κ2) is 3.32. The average Bonchev–Trinajstić information content (AvgIpc) is 1.82. The van der Waals surface area contributed by atoms with Crippen molar-refractivity contribution in [2.24, 2.45) is 0 Å². The molecule has 1 saturated heterocycles. The van der Waals surface area contributed by atoms with E-state index in [1.165, 1.54) is 0 Å². The van der Waals surface area contributed by atoms with E-state index in [9.17, 15) is 5.11 Å². The van der Waals surface area contributed by atoms with Crippen molar-refractivity contribution in [3.8, 4) is 0 Å². The van der Waals surface area contributed by atoms with Crippen molar-refractivity contribution in [1.82, 2.24) is 4.90 Å². The molecule has 1 fully saturated rings. The summed E-state index contributed by atoms with van der Waals surface area (Å²) in [6, 6.07) is 0.103. The molecule has 3 heteroatoms. The summed E-state index contributed by atoms with van der Waals surface area (Å²) in [4.78, 5) is 2.03. The molecule has 1 N–H and O–H groups in total. The van der Waals surface area contributed by atoms with Crippen molar-refractivity contribution >= 4 is 0 Å². The third-order valence-electron chi connectivity index (χ3n) is 2.63. The van der Waals surface area contributed by atoms with Crippen molar-refractivity contribution in [2.45, 2.75) is 38.0 Å². The number of aliphatic hydroxyl groups is 1. The Labute approximate surface area is 74.3 Å². The lowest BCUT2D eigenvalue weighted by Gasteiger charge is -2.44. The fourth-order valence-corrected chi connectivity index (χ4v) is 2.17. The van der Waals surface area contributed by atoms with Crippen LogP contribution in [0.15, 0.2) is 0 Å². The molecule has 1 rings (SSSR count). The molecule has 3 nitrogen and oxygen atoms in total. The first-order valence-corrected chi connectivity index (χ1v) is 4.45. The Morgan fingerprint density at radius 1 is 1.50 bits per heavy atom. The highest BCUT2D eigenvalue weighted by molar-refractivity contribution is 4.94. The minimum Gasteiger partial charge on any atom is -0.388 e. The van der Waals surface area contributed by atoms with E-state index < -0.39 is 5.60 Å². The van der Waals surface area contributed by atoms with Crippen LogP contribution < -0.4 is 0 Å². The van der Waals surface area contributed by atoms with Gasteiger partial charge in [-0.05, 0) is 27.9 Å². The standard InChI is InChI=1S/C9H19NO2/c1-7-8(10(3)4)9(2,11)5-6-12-7/h7-8,11H,5-6H2,1-4H3/t7-,8+,9-/m0/s1. The van der Waals surface area contributed by atoms with Crippen LogP contribution in [0.4, 0.5) is 0 Å². The van der Waals surface area contributed by atoms with Gasteiger partial charge in [-0.15, -0.1) is 0 Å². The highest BCUT2D eigenvalue weighted by Crippen LogP contribution is 2.27. The van der Waals surface area contributed by atoms with E-state index in [2.05, 4.69) is 0 Å². The maximum Gasteiger partial charge on any atom is 0.0821 e. The minimum atomic E-state index is -0.610. The molecule has 0 amide bonds. The smallest absolute Gasteiger partial charge is 0.0821 e. The predicted octanol–water partition coefficient (Wildman–Crippen LogP) is 0.476. The summed E-state index contributed by atoms with van der Waals surface area (Å²) in [6.45, 7) is 4.56. The molecule has 0 saturated carbocycles. The maximum atomic E-state index is 10.1. The Balaban J connectivity index is 2.74. The van der Waals surface area contributed by atoms with Crippen LogP contribution in [-0.2, 0) is 4.74 Å². The van der Waals surface area contributed by atoms with Gasteiger partial charge >= 0.3 is 0 Å². The van der Waals surface area contributed by atoms with Crippen molar-refractivity contribution in [3.05, 3.63) is 0 Å². The molecule has 0 bridgehead atoms. The highest BCUT2D eigenvalue weighted by atomic mass is 16.5. The Hall–Kier alpha value is -0.120. The normalized spacial score (nSPS) is 43.5. The molecular formula is C9H19NO2. The number of ether oxygens (including phenoxy) is 1. The molecule has 0 aliphatic carbocycles. The van der Waals surface area contributed by atoms with E-state index in [0.29, 0.717) is 6.61 Å². The summed E-state index contributed by atoms with van der Waals surface area (Å²) < 4.78 is 5.49. The molecular weight excluding hydrogens is 154 g/mol. The number of hydrogen-bond donors (Lipinski definition) is 1. The van der Waals surface area contributed by atoms with Gasteiger partial charge in [0, 0.05) is 13.0 Å². The zero-order valence-corrected chi connectivity index (χ0v) is 8.37. The molecule has 1 aliphatic heterocycles. The van der Waals surface area contributed by atoms with Gasteiger partial charge in [-0.2, -0.15) is 0 Å². The van der Waals surface area contributed by atoms with Gasteiger partial charge in [-0.3, -0.25) is 0 Å². The van der Waals surface area contributed by atoms with E-state index in [1.807, 2.05) is 32.8 Å². The van der Waals surface area contributed by atoms with Crippen LogP contribution in [0, 0.1) is 0 Å². The van der Waals surface area contributed by atoms with Crippen LogP contribution in [0.1, 0.15) is 20.3 Å². The largest absolute Gasteiger partial charge is 0.388 e. The lowest BCUT2D eigenvalue weighted by molar-refractivity contribution is -0.142. The Morgan fingerprint density at radius 2 is 2.08 bits per heavy atom. The molecule has 0 radical (unpaired) electrons. The van der Waals surface area contributed by atoms with E-state index in [-0.39, 0.29) is 12.1 Å². The summed E-state index contributed by atoms with van der Waals surface area (Å²) in [5, 5.41) is 10.1. The first-order valence-electron chi connectivity index (χ1n) is 4.45. The third-order valence-corrected chi connectivity index (χ3v) is 2.63. The topological polar surface area (TPSA) is 32.7 Å². The number of likely N-dealkylation sites (N-methyl/N-ethyl adjacent to an activating group) is 1. The summed E-state index contributed by atoms with van der Waals surface area (Å²) in [5.74, 6) is 0. The number of nitrogens with zero attached hydrogens (tertiary/aromatic N) is 1. The molecule has 3 atom stereocenters. The van der Waals surface area contributed by atoms with Crippen molar-refractivity contribution in [3.63, 3.8) is 0 Å². The monoisotopic (exact) mass is 173 g/mol. The van der Waals surface area contributed by atoms with Crippen molar-refractivity contribution in [1.29, 1.82) is 0 Å². The van der Waals surface area contributed by atoms with Crippen molar-refractivity contribution < 1.29 is 9.84 Å². The van der Waals surface area contributed by atoms with Crippen LogP contribution in [0.2, 0.25) is 0 Å². The molecule has 72 valence electrons. The van der Waals surface area contributed by atoms with Gasteiger partial charge < -0.3 is 14.7 Å². The molecule has 0 unspecified atom stereocenters. The molecule has 0 aromatic carbocycles. The quantitative estimate of drug-likeness (QED) is 0.626. The van der Waals surface area contributed by atoms with E-state index in [0.717, 1.165) is 6.42 Å². The zero-order valence-electron chi connectivity index (χ0n) is 8.37. The van der Waals surface area contributed by atoms with Crippen LogP contribution in [0.25, 0.3) is 0 Å². The number of rotatable bonds is 1. The maximum absolute atomic E-state index is 10.1. The summed E-state index contributed by atoms with van der Waals surface area (Å²) in [5.41, 5.74) is -0.610. The fraction of sp³-hybridized carbons (Fsp3) is 1.00. The molecule has 12 heavy (non-hydrogen) atoms. The first kappa shape index (κ1) is 9.96. The lowest BCUT2D eigenvalue weighted by Crippen LogP contribution is -2.58. The van der Waals surface area contributed by atoms with Crippen molar-refractivity contribution in [2.75, 3.05) is 20.7 Å². The Morgan fingerprint density at radius 3 is 2.42 bits per heavy atom.